The molecule has 2 atom stereocenters. The lowest BCUT2D eigenvalue weighted by Crippen LogP contribution is -2.49. The van der Waals surface area contributed by atoms with Crippen LogP contribution in [0.4, 0.5) is 0 Å². The van der Waals surface area contributed by atoms with Crippen LogP contribution in [-0.4, -0.2) is 34.0 Å². The molecule has 4 heteroatoms. The van der Waals surface area contributed by atoms with Crippen molar-refractivity contribution in [2.75, 3.05) is 0 Å². The Kier molecular flexibility index (Phi) is 4.47. The molecule has 0 spiro atoms. The van der Waals surface area contributed by atoms with Crippen LogP contribution >= 0.6 is 0 Å². The van der Waals surface area contributed by atoms with E-state index in [1.807, 2.05) is 30.3 Å². The van der Waals surface area contributed by atoms with Gasteiger partial charge < -0.3 is 9.64 Å². The molecule has 0 aliphatic carbocycles. The van der Waals surface area contributed by atoms with E-state index in [0.29, 0.717) is 18.5 Å². The van der Waals surface area contributed by atoms with Crippen molar-refractivity contribution in [2.45, 2.75) is 50.3 Å². The molecule has 0 radical (unpaired) electrons. The summed E-state index contributed by atoms with van der Waals surface area (Å²) in [5.41, 5.74) is 1.12. The third-order valence-electron chi connectivity index (χ3n) is 6.14. The van der Waals surface area contributed by atoms with Crippen LogP contribution < -0.4 is 4.74 Å². The van der Waals surface area contributed by atoms with Gasteiger partial charge in [0, 0.05) is 31.1 Å². The Morgan fingerprint density at radius 3 is 2.57 bits per heavy atom. The molecule has 2 aliphatic heterocycles. The number of hydrogen-bond donors (Lipinski definition) is 0. The number of carbonyl (C=O) groups excluding carboxylic acids is 1. The zero-order chi connectivity index (χ0) is 18.9. The largest absolute Gasteiger partial charge is 0.489 e. The fraction of sp³-hybridized carbons (Fsp3) is 0.333. The quantitative estimate of drug-likeness (QED) is 0.683. The van der Waals surface area contributed by atoms with Gasteiger partial charge in [-0.25, -0.2) is 0 Å². The first-order chi connectivity index (χ1) is 13.8. The molecule has 0 saturated carbocycles. The molecule has 2 aliphatic rings. The maximum Gasteiger partial charge on any atom is 0.227 e. The maximum atomic E-state index is 13.2. The summed E-state index contributed by atoms with van der Waals surface area (Å²) in [7, 11) is 0. The third kappa shape index (κ3) is 3.24. The minimum Gasteiger partial charge on any atom is -0.489 e. The minimum atomic E-state index is 0.170. The second-order valence-corrected chi connectivity index (χ2v) is 7.90. The first-order valence-electron chi connectivity index (χ1n) is 10.1. The zero-order valence-corrected chi connectivity index (χ0v) is 15.8. The smallest absolute Gasteiger partial charge is 0.227 e. The normalized spacial score (nSPS) is 23.7. The number of nitrogens with zero attached hydrogens (tertiary/aromatic N) is 2. The molecule has 2 aromatic carbocycles. The van der Waals surface area contributed by atoms with E-state index in [9.17, 15) is 4.79 Å². The van der Waals surface area contributed by atoms with Crippen LogP contribution in [0, 0.1) is 0 Å². The molecule has 2 fully saturated rings. The lowest BCUT2D eigenvalue weighted by molar-refractivity contribution is -0.136. The number of pyridine rings is 1. The van der Waals surface area contributed by atoms with Gasteiger partial charge in [0.05, 0.1) is 12.6 Å². The Morgan fingerprint density at radius 1 is 1.00 bits per heavy atom. The highest BCUT2D eigenvalue weighted by Crippen LogP contribution is 2.38. The van der Waals surface area contributed by atoms with Crippen molar-refractivity contribution in [3.63, 3.8) is 0 Å². The number of benzene rings is 2. The second-order valence-electron chi connectivity index (χ2n) is 7.90. The van der Waals surface area contributed by atoms with E-state index in [2.05, 4.69) is 34.1 Å². The van der Waals surface area contributed by atoms with Gasteiger partial charge in [0.1, 0.15) is 11.9 Å². The highest BCUT2D eigenvalue weighted by molar-refractivity contribution is 5.90. The number of amides is 1. The van der Waals surface area contributed by atoms with Gasteiger partial charge in [-0.2, -0.15) is 0 Å². The zero-order valence-electron chi connectivity index (χ0n) is 15.8. The summed E-state index contributed by atoms with van der Waals surface area (Å²) in [6.07, 6.45) is 8.15. The van der Waals surface area contributed by atoms with E-state index in [4.69, 9.17) is 4.74 Å². The lowest BCUT2D eigenvalue weighted by atomic mass is 9.97. The van der Waals surface area contributed by atoms with Gasteiger partial charge >= 0.3 is 0 Å². The molecule has 2 unspecified atom stereocenters. The topological polar surface area (TPSA) is 42.4 Å². The third-order valence-corrected chi connectivity index (χ3v) is 6.14. The summed E-state index contributed by atoms with van der Waals surface area (Å²) >= 11 is 0. The van der Waals surface area contributed by atoms with Crippen LogP contribution in [0.3, 0.4) is 0 Å². The monoisotopic (exact) mass is 372 g/mol. The Bertz CT molecular complexity index is 969. The summed E-state index contributed by atoms with van der Waals surface area (Å²) in [6, 6.07) is 19.0. The SMILES string of the molecule is O=C(Cc1cccc2ccccc12)N1C2CCC1CC(Oc1cccnc1)C2. The predicted molar refractivity (Wildman–Crippen MR) is 109 cm³/mol. The Morgan fingerprint density at radius 2 is 1.79 bits per heavy atom. The lowest BCUT2D eigenvalue weighted by Gasteiger charge is -2.39. The Hall–Kier alpha value is -2.88. The van der Waals surface area contributed by atoms with Crippen molar-refractivity contribution in [1.29, 1.82) is 0 Å². The molecule has 3 heterocycles. The molecule has 2 saturated heterocycles. The molecule has 4 nitrogen and oxygen atoms in total. The molecule has 1 aromatic heterocycles. The Labute approximate surface area is 165 Å². The highest BCUT2D eigenvalue weighted by atomic mass is 16.5. The number of aromatic nitrogens is 1. The van der Waals surface area contributed by atoms with Crippen molar-refractivity contribution in [2.24, 2.45) is 0 Å². The van der Waals surface area contributed by atoms with Gasteiger partial charge in [-0.3, -0.25) is 9.78 Å². The van der Waals surface area contributed by atoms with Crippen LogP contribution in [0.25, 0.3) is 10.8 Å². The standard InChI is InChI=1S/C24H24N2O2/c27-24(13-18-7-3-6-17-5-1-2-9-23(17)18)26-19-10-11-20(26)15-22(14-19)28-21-8-4-12-25-16-21/h1-9,12,16,19-20,22H,10-11,13-15H2. The summed E-state index contributed by atoms with van der Waals surface area (Å²) in [6.45, 7) is 0. The number of hydrogen-bond acceptors (Lipinski definition) is 3. The number of ether oxygens (including phenoxy) is 1. The van der Waals surface area contributed by atoms with Gasteiger partial charge in [0.15, 0.2) is 0 Å². The highest BCUT2D eigenvalue weighted by Gasteiger charge is 2.43. The van der Waals surface area contributed by atoms with Crippen LogP contribution in [0.2, 0.25) is 0 Å². The molecule has 5 rings (SSSR count). The molecule has 1 amide bonds. The second kappa shape index (κ2) is 7.27. The minimum absolute atomic E-state index is 0.170. The van der Waals surface area contributed by atoms with E-state index in [1.165, 1.54) is 10.8 Å². The van der Waals surface area contributed by atoms with Crippen molar-refractivity contribution < 1.29 is 9.53 Å². The van der Waals surface area contributed by atoms with E-state index in [-0.39, 0.29) is 12.0 Å². The van der Waals surface area contributed by atoms with Crippen molar-refractivity contribution in [3.8, 4) is 5.75 Å². The molecule has 2 bridgehead atoms. The van der Waals surface area contributed by atoms with E-state index < -0.39 is 0 Å². The van der Waals surface area contributed by atoms with Gasteiger partial charge in [-0.1, -0.05) is 42.5 Å². The number of rotatable bonds is 4. The summed E-state index contributed by atoms with van der Waals surface area (Å²) in [5.74, 6) is 1.08. The first kappa shape index (κ1) is 17.2. The summed E-state index contributed by atoms with van der Waals surface area (Å²) in [5, 5.41) is 2.37. The fourth-order valence-corrected chi connectivity index (χ4v) is 4.94. The van der Waals surface area contributed by atoms with Crippen LogP contribution in [0.5, 0.6) is 5.75 Å². The van der Waals surface area contributed by atoms with E-state index in [1.54, 1.807) is 12.4 Å². The van der Waals surface area contributed by atoms with Gasteiger partial charge in [-0.15, -0.1) is 0 Å². The molecule has 0 N–H and O–H groups in total. The molecule has 28 heavy (non-hydrogen) atoms. The molecule has 3 aromatic rings. The van der Waals surface area contributed by atoms with Crippen molar-refractivity contribution in [3.05, 3.63) is 72.6 Å². The van der Waals surface area contributed by atoms with Crippen LogP contribution in [-0.2, 0) is 11.2 Å². The number of piperidine rings is 1. The van der Waals surface area contributed by atoms with Gasteiger partial charge in [0.25, 0.3) is 0 Å². The van der Waals surface area contributed by atoms with E-state index >= 15 is 0 Å². The van der Waals surface area contributed by atoms with Crippen molar-refractivity contribution in [1.82, 2.24) is 9.88 Å². The molecular weight excluding hydrogens is 348 g/mol. The Balaban J connectivity index is 1.30. The van der Waals surface area contributed by atoms with Crippen molar-refractivity contribution >= 4 is 16.7 Å². The first-order valence-corrected chi connectivity index (χ1v) is 10.1. The average molecular weight is 372 g/mol. The summed E-state index contributed by atoms with van der Waals surface area (Å²) < 4.78 is 6.14. The van der Waals surface area contributed by atoms with Gasteiger partial charge in [0.2, 0.25) is 5.91 Å². The fourth-order valence-electron chi connectivity index (χ4n) is 4.94. The van der Waals surface area contributed by atoms with Gasteiger partial charge in [-0.05, 0) is 41.3 Å². The molecular formula is C24H24N2O2. The van der Waals surface area contributed by atoms with Crippen LogP contribution in [0.15, 0.2) is 67.0 Å². The predicted octanol–water partition coefficient (Wildman–Crippen LogP) is 4.38. The summed E-state index contributed by atoms with van der Waals surface area (Å²) in [4.78, 5) is 19.5. The average Bonchev–Trinajstić information content (AvgIpc) is 3.00. The van der Waals surface area contributed by atoms with Crippen LogP contribution in [0.1, 0.15) is 31.2 Å². The molecule has 142 valence electrons. The maximum absolute atomic E-state index is 13.2. The van der Waals surface area contributed by atoms with E-state index in [0.717, 1.165) is 37.0 Å². The number of carbonyl (C=O) groups is 1. The number of fused-ring (bicyclic) bond motifs is 3.